The molecule has 0 bridgehead atoms. The Morgan fingerprint density at radius 1 is 1.28 bits per heavy atom. The molecule has 0 amide bonds. The van der Waals surface area contributed by atoms with Gasteiger partial charge in [-0.3, -0.25) is 0 Å². The van der Waals surface area contributed by atoms with Crippen LogP contribution in [0.5, 0.6) is 5.75 Å². The number of imidazole rings is 1. The van der Waals surface area contributed by atoms with E-state index in [4.69, 9.17) is 19.9 Å². The highest BCUT2D eigenvalue weighted by Gasteiger charge is 2.48. The molecule has 0 unspecified atom stereocenters. The monoisotopic (exact) mass is 348 g/mol. The fraction of sp³-hybridized carbons (Fsp3) is 0.611. The third-order valence-corrected chi connectivity index (χ3v) is 5.24. The van der Waals surface area contributed by atoms with Crippen molar-refractivity contribution in [1.82, 2.24) is 4.57 Å². The minimum absolute atomic E-state index is 0.197. The number of hydrogen-bond acceptors (Lipinski definition) is 5. The van der Waals surface area contributed by atoms with E-state index in [1.807, 2.05) is 6.07 Å². The number of nitrogens with two attached hydrogens (primary N) is 1. The molecule has 2 aliphatic rings. The van der Waals surface area contributed by atoms with Gasteiger partial charge in [0.1, 0.15) is 24.1 Å². The predicted octanol–water partition coefficient (Wildman–Crippen LogP) is 0.333. The maximum absolute atomic E-state index is 9.86. The minimum atomic E-state index is -0.561. The van der Waals surface area contributed by atoms with Crippen LogP contribution in [-0.4, -0.2) is 47.3 Å². The lowest BCUT2D eigenvalue weighted by atomic mass is 10.1. The van der Waals surface area contributed by atoms with Crippen LogP contribution in [0.3, 0.4) is 0 Å². The van der Waals surface area contributed by atoms with E-state index in [1.165, 1.54) is 0 Å². The van der Waals surface area contributed by atoms with Crippen LogP contribution in [0.1, 0.15) is 19.7 Å². The molecule has 0 radical (unpaired) electrons. The Morgan fingerprint density at radius 2 is 2.08 bits per heavy atom. The average Bonchev–Trinajstić information content (AvgIpc) is 3.28. The summed E-state index contributed by atoms with van der Waals surface area (Å²) >= 11 is 0. The zero-order valence-electron chi connectivity index (χ0n) is 14.7. The summed E-state index contributed by atoms with van der Waals surface area (Å²) in [6.07, 6.45) is -1.24. The summed E-state index contributed by atoms with van der Waals surface area (Å²) in [7, 11) is 0. The number of fused-ring (bicyclic) bond motifs is 2. The number of ether oxygens (including phenoxy) is 3. The highest BCUT2D eigenvalue weighted by molar-refractivity contribution is 5.74. The van der Waals surface area contributed by atoms with E-state index in [-0.39, 0.29) is 18.3 Å². The van der Waals surface area contributed by atoms with E-state index >= 15 is 0 Å². The fourth-order valence-electron chi connectivity index (χ4n) is 4.09. The molecular weight excluding hydrogens is 322 g/mol. The molecule has 1 aromatic heterocycles. The van der Waals surface area contributed by atoms with Gasteiger partial charge in [-0.1, -0.05) is 0 Å². The summed E-state index contributed by atoms with van der Waals surface area (Å²) in [4.78, 5) is 0. The van der Waals surface area contributed by atoms with Gasteiger partial charge in [-0.25, -0.2) is 9.13 Å². The second-order valence-corrected chi connectivity index (χ2v) is 6.58. The fourth-order valence-corrected chi connectivity index (χ4v) is 4.09. The largest absolute Gasteiger partial charge is 0.485 e. The smallest absolute Gasteiger partial charge is 0.271 e. The highest BCUT2D eigenvalue weighted by Crippen LogP contribution is 2.31. The van der Waals surface area contributed by atoms with Crippen molar-refractivity contribution < 1.29 is 23.9 Å². The molecule has 2 saturated heterocycles. The Hall–Kier alpha value is -1.67. The first kappa shape index (κ1) is 16.8. The number of hydrogen-bond donors (Lipinski definition) is 2. The van der Waals surface area contributed by atoms with E-state index in [9.17, 15) is 5.11 Å². The van der Waals surface area contributed by atoms with Gasteiger partial charge >= 0.3 is 0 Å². The standard InChI is InChI=1S/C18H26N3O4/c1-3-20-12-6-5-11(7-13(12)21(4-2)16(20)8-19)25-15-10-24-17-14(22)9-23-18(15)17/h5-7,14-15,17-18,22H,3-4,8-10,19H2,1-2H3/q+1/t14-,15-,17+,18+/m0/s1. The van der Waals surface area contributed by atoms with Gasteiger partial charge in [0.15, 0.2) is 17.1 Å². The van der Waals surface area contributed by atoms with Crippen LogP contribution in [0.4, 0.5) is 0 Å². The molecule has 2 aliphatic heterocycles. The van der Waals surface area contributed by atoms with E-state index in [0.717, 1.165) is 35.7 Å². The molecule has 0 aliphatic carbocycles. The summed E-state index contributed by atoms with van der Waals surface area (Å²) < 4.78 is 21.9. The van der Waals surface area contributed by atoms with Gasteiger partial charge in [-0.05, 0) is 26.0 Å². The lowest BCUT2D eigenvalue weighted by molar-refractivity contribution is -0.676. The highest BCUT2D eigenvalue weighted by atomic mass is 16.6. The molecule has 7 nitrogen and oxygen atoms in total. The first-order valence-corrected chi connectivity index (χ1v) is 9.00. The zero-order chi connectivity index (χ0) is 17.6. The molecule has 1 aromatic carbocycles. The van der Waals surface area contributed by atoms with E-state index in [2.05, 4.69) is 35.1 Å². The lowest BCUT2D eigenvalue weighted by Crippen LogP contribution is -2.38. The van der Waals surface area contributed by atoms with Crippen LogP contribution in [-0.2, 0) is 29.1 Å². The molecule has 25 heavy (non-hydrogen) atoms. The van der Waals surface area contributed by atoms with Gasteiger partial charge in [0.25, 0.3) is 5.82 Å². The molecule has 4 atom stereocenters. The summed E-state index contributed by atoms with van der Waals surface area (Å²) in [6.45, 7) is 7.22. The third-order valence-electron chi connectivity index (χ3n) is 5.24. The van der Waals surface area contributed by atoms with Crippen molar-refractivity contribution in [3.63, 3.8) is 0 Å². The second kappa shape index (κ2) is 6.57. The van der Waals surface area contributed by atoms with Crippen molar-refractivity contribution in [2.24, 2.45) is 5.73 Å². The Labute approximate surface area is 146 Å². The van der Waals surface area contributed by atoms with Crippen molar-refractivity contribution in [2.75, 3.05) is 13.2 Å². The Balaban J connectivity index is 1.65. The summed E-state index contributed by atoms with van der Waals surface area (Å²) in [5.41, 5.74) is 8.25. The maximum Gasteiger partial charge on any atom is 0.271 e. The summed E-state index contributed by atoms with van der Waals surface area (Å²) in [5.74, 6) is 1.90. The van der Waals surface area contributed by atoms with Crippen molar-refractivity contribution >= 4 is 11.0 Å². The topological polar surface area (TPSA) is 82.8 Å². The number of nitrogens with zero attached hydrogens (tertiary/aromatic N) is 2. The van der Waals surface area contributed by atoms with Crippen LogP contribution < -0.4 is 15.0 Å². The number of aliphatic hydroxyl groups is 1. The molecule has 7 heteroatoms. The van der Waals surface area contributed by atoms with Crippen molar-refractivity contribution in [3.05, 3.63) is 24.0 Å². The SMILES string of the molecule is CCn1c(CN)[n+](CC)c2ccc(O[C@H]3CO[C@H]4[C@@H]3OC[C@@H]4O)cc21. The van der Waals surface area contributed by atoms with Crippen LogP contribution in [0, 0.1) is 0 Å². The lowest BCUT2D eigenvalue weighted by Gasteiger charge is -2.17. The molecule has 3 heterocycles. The van der Waals surface area contributed by atoms with Gasteiger partial charge in [0.05, 0.1) is 32.8 Å². The Bertz CT molecular complexity index is 775. The molecule has 2 fully saturated rings. The van der Waals surface area contributed by atoms with Gasteiger partial charge < -0.3 is 25.1 Å². The van der Waals surface area contributed by atoms with Crippen LogP contribution >= 0.6 is 0 Å². The van der Waals surface area contributed by atoms with E-state index in [0.29, 0.717) is 19.8 Å². The molecule has 136 valence electrons. The first-order chi connectivity index (χ1) is 12.2. The number of benzene rings is 1. The number of aromatic nitrogens is 2. The van der Waals surface area contributed by atoms with Crippen LogP contribution in [0.2, 0.25) is 0 Å². The quantitative estimate of drug-likeness (QED) is 0.761. The molecular formula is C18H26N3O4+. The zero-order valence-corrected chi connectivity index (χ0v) is 14.7. The maximum atomic E-state index is 9.86. The molecule has 0 saturated carbocycles. The average molecular weight is 348 g/mol. The van der Waals surface area contributed by atoms with E-state index < -0.39 is 6.10 Å². The summed E-state index contributed by atoms with van der Waals surface area (Å²) in [5, 5.41) is 9.86. The number of aryl methyl sites for hydroxylation is 2. The van der Waals surface area contributed by atoms with Gasteiger partial charge in [0, 0.05) is 6.07 Å². The van der Waals surface area contributed by atoms with E-state index in [1.54, 1.807) is 0 Å². The Morgan fingerprint density at radius 3 is 2.80 bits per heavy atom. The second-order valence-electron chi connectivity index (χ2n) is 6.58. The van der Waals surface area contributed by atoms with Crippen LogP contribution in [0.15, 0.2) is 18.2 Å². The predicted molar refractivity (Wildman–Crippen MR) is 91.3 cm³/mol. The molecule has 4 rings (SSSR count). The molecule has 2 aromatic rings. The Kier molecular flexibility index (Phi) is 4.41. The van der Waals surface area contributed by atoms with Gasteiger partial charge in [-0.15, -0.1) is 0 Å². The summed E-state index contributed by atoms with van der Waals surface area (Å²) in [6, 6.07) is 6.12. The van der Waals surface area contributed by atoms with Crippen molar-refractivity contribution in [3.8, 4) is 5.75 Å². The van der Waals surface area contributed by atoms with Gasteiger partial charge in [-0.2, -0.15) is 0 Å². The first-order valence-electron chi connectivity index (χ1n) is 9.00. The van der Waals surface area contributed by atoms with Crippen molar-refractivity contribution in [1.29, 1.82) is 0 Å². The molecule has 3 N–H and O–H groups in total. The minimum Gasteiger partial charge on any atom is -0.485 e. The molecule has 0 spiro atoms. The van der Waals surface area contributed by atoms with Gasteiger partial charge in [0.2, 0.25) is 0 Å². The third kappa shape index (κ3) is 2.62. The van der Waals surface area contributed by atoms with Crippen molar-refractivity contribution in [2.45, 2.75) is 57.9 Å². The normalized spacial score (nSPS) is 28.6. The number of rotatable bonds is 5. The van der Waals surface area contributed by atoms with Crippen LogP contribution in [0.25, 0.3) is 11.0 Å². The number of aliphatic hydroxyl groups excluding tert-OH is 1.